The highest BCUT2D eigenvalue weighted by Gasteiger charge is 2.00. The zero-order chi connectivity index (χ0) is 22.7. The predicted molar refractivity (Wildman–Crippen MR) is 137 cm³/mol. The average Bonchev–Trinajstić information content (AvgIpc) is 2.80. The molecule has 0 aliphatic rings. The van der Waals surface area contributed by atoms with Crippen LogP contribution in [0, 0.1) is 0 Å². The summed E-state index contributed by atoms with van der Waals surface area (Å²) in [6.07, 6.45) is 23.6. The van der Waals surface area contributed by atoms with E-state index < -0.39 is 0 Å². The number of hydrogen-bond acceptors (Lipinski definition) is 2. The van der Waals surface area contributed by atoms with Gasteiger partial charge in [-0.25, -0.2) is 0 Å². The van der Waals surface area contributed by atoms with Gasteiger partial charge in [0.15, 0.2) is 0 Å². The molecule has 2 nitrogen and oxygen atoms in total. The van der Waals surface area contributed by atoms with E-state index in [2.05, 4.69) is 0 Å². The third-order valence-corrected chi connectivity index (χ3v) is 6.63. The molecule has 0 radical (unpaired) electrons. The van der Waals surface area contributed by atoms with Crippen molar-refractivity contribution in [2.45, 2.75) is 116 Å². The van der Waals surface area contributed by atoms with Crippen molar-refractivity contribution in [2.75, 3.05) is 0 Å². The van der Waals surface area contributed by atoms with E-state index >= 15 is 0 Å². The number of unbranched alkanes of at least 4 members (excludes halogenated alkanes) is 15. The first-order valence-corrected chi connectivity index (χ1v) is 13.3. The van der Waals surface area contributed by atoms with Gasteiger partial charge in [-0.3, -0.25) is 0 Å². The van der Waals surface area contributed by atoms with Gasteiger partial charge in [0, 0.05) is 0 Å². The second-order valence-corrected chi connectivity index (χ2v) is 9.41. The molecular formula is C30H46O2. The highest BCUT2D eigenvalue weighted by molar-refractivity contribution is 5.32. The summed E-state index contributed by atoms with van der Waals surface area (Å²) in [7, 11) is 0. The second-order valence-electron chi connectivity index (χ2n) is 9.41. The summed E-state index contributed by atoms with van der Waals surface area (Å²) >= 11 is 0. The third kappa shape index (κ3) is 12.2. The fourth-order valence-corrected chi connectivity index (χ4v) is 4.55. The van der Waals surface area contributed by atoms with Crippen LogP contribution in [0.15, 0.2) is 48.5 Å². The van der Waals surface area contributed by atoms with Crippen LogP contribution in [0.2, 0.25) is 0 Å². The van der Waals surface area contributed by atoms with Crippen LogP contribution in [0.25, 0.3) is 0 Å². The molecule has 0 saturated heterocycles. The lowest BCUT2D eigenvalue weighted by Crippen LogP contribution is -1.87. The maximum atomic E-state index is 9.78. The lowest BCUT2D eigenvalue weighted by atomic mass is 10.0. The molecular weight excluding hydrogens is 392 g/mol. The molecule has 2 N–H and O–H groups in total. The second kappa shape index (κ2) is 17.6. The highest BCUT2D eigenvalue weighted by atomic mass is 16.3. The van der Waals surface area contributed by atoms with Crippen LogP contribution < -0.4 is 0 Å². The van der Waals surface area contributed by atoms with Crippen molar-refractivity contribution < 1.29 is 10.2 Å². The lowest BCUT2D eigenvalue weighted by Gasteiger charge is -2.05. The third-order valence-electron chi connectivity index (χ3n) is 6.63. The summed E-state index contributed by atoms with van der Waals surface area (Å²) < 4.78 is 0. The minimum Gasteiger partial charge on any atom is -0.508 e. The number of phenols is 2. The molecule has 2 aromatic carbocycles. The minimum absolute atomic E-state index is 0.452. The van der Waals surface area contributed by atoms with Gasteiger partial charge >= 0.3 is 0 Å². The maximum absolute atomic E-state index is 9.78. The largest absolute Gasteiger partial charge is 0.508 e. The Kier molecular flexibility index (Phi) is 14.4. The predicted octanol–water partition coefficient (Wildman–Crippen LogP) is 9.12. The number of phenolic OH excluding ortho intramolecular Hbond substituents is 2. The van der Waals surface area contributed by atoms with E-state index in [0.29, 0.717) is 11.5 Å². The van der Waals surface area contributed by atoms with Crippen molar-refractivity contribution in [1.29, 1.82) is 0 Å². The summed E-state index contributed by atoms with van der Waals surface area (Å²) in [5.41, 5.74) is 2.19. The molecule has 0 aromatic heterocycles. The smallest absolute Gasteiger partial charge is 0.118 e. The molecule has 0 spiro atoms. The minimum atomic E-state index is 0.452. The van der Waals surface area contributed by atoms with E-state index in [1.54, 1.807) is 12.1 Å². The number of rotatable bonds is 19. The molecule has 2 aromatic rings. The summed E-state index contributed by atoms with van der Waals surface area (Å²) in [5.74, 6) is 0.904. The molecule has 0 heterocycles. The molecule has 0 fully saturated rings. The van der Waals surface area contributed by atoms with Gasteiger partial charge in [-0.05, 0) is 48.9 Å². The van der Waals surface area contributed by atoms with Crippen molar-refractivity contribution >= 4 is 0 Å². The first kappa shape index (κ1) is 26.3. The van der Waals surface area contributed by atoms with Crippen LogP contribution in [-0.2, 0) is 12.8 Å². The number of aromatic hydroxyl groups is 2. The summed E-state index contributed by atoms with van der Waals surface area (Å²) in [4.78, 5) is 0. The molecule has 32 heavy (non-hydrogen) atoms. The van der Waals surface area contributed by atoms with Gasteiger partial charge in [-0.2, -0.15) is 0 Å². The fourth-order valence-electron chi connectivity index (χ4n) is 4.55. The molecule has 178 valence electrons. The Balaban J connectivity index is 1.26. The summed E-state index contributed by atoms with van der Waals surface area (Å²) in [5, 5.41) is 19.6. The summed E-state index contributed by atoms with van der Waals surface area (Å²) in [6.45, 7) is 0. The number of para-hydroxylation sites is 2. The number of benzene rings is 2. The van der Waals surface area contributed by atoms with E-state index in [4.69, 9.17) is 0 Å². The van der Waals surface area contributed by atoms with Gasteiger partial charge in [-0.15, -0.1) is 0 Å². The number of aryl methyl sites for hydroxylation is 2. The molecule has 0 amide bonds. The highest BCUT2D eigenvalue weighted by Crippen LogP contribution is 2.20. The molecule has 0 bridgehead atoms. The van der Waals surface area contributed by atoms with Gasteiger partial charge < -0.3 is 10.2 Å². The lowest BCUT2D eigenvalue weighted by molar-refractivity contribution is 0.465. The van der Waals surface area contributed by atoms with Crippen LogP contribution in [0.1, 0.15) is 114 Å². The van der Waals surface area contributed by atoms with Crippen LogP contribution in [0.3, 0.4) is 0 Å². The van der Waals surface area contributed by atoms with Crippen molar-refractivity contribution in [2.24, 2.45) is 0 Å². The average molecular weight is 439 g/mol. The Morgan fingerprint density at radius 3 is 0.875 bits per heavy atom. The van der Waals surface area contributed by atoms with E-state index in [0.717, 1.165) is 24.0 Å². The van der Waals surface area contributed by atoms with Crippen molar-refractivity contribution in [3.05, 3.63) is 59.7 Å². The van der Waals surface area contributed by atoms with Crippen LogP contribution in [0.5, 0.6) is 11.5 Å². The van der Waals surface area contributed by atoms with E-state index in [9.17, 15) is 10.2 Å². The standard InChI is InChI=1S/C30H46O2/c31-29-25-19-17-23-27(29)21-15-13-11-9-7-5-3-1-2-4-6-8-10-12-14-16-22-28-24-18-20-26-30(28)32/h17-20,23-26,31-32H,1-16,21-22H2. The topological polar surface area (TPSA) is 40.5 Å². The van der Waals surface area contributed by atoms with Crippen molar-refractivity contribution in [1.82, 2.24) is 0 Å². The molecule has 0 atom stereocenters. The summed E-state index contributed by atoms with van der Waals surface area (Å²) in [6, 6.07) is 15.5. The zero-order valence-electron chi connectivity index (χ0n) is 20.2. The van der Waals surface area contributed by atoms with E-state index in [1.807, 2.05) is 36.4 Å². The first-order chi connectivity index (χ1) is 15.8. The first-order valence-electron chi connectivity index (χ1n) is 13.3. The Labute approximate surface area is 197 Å². The van der Waals surface area contributed by atoms with E-state index in [-0.39, 0.29) is 0 Å². The molecule has 0 aliphatic carbocycles. The van der Waals surface area contributed by atoms with Crippen molar-refractivity contribution in [3.63, 3.8) is 0 Å². The van der Waals surface area contributed by atoms with Crippen LogP contribution >= 0.6 is 0 Å². The van der Waals surface area contributed by atoms with E-state index in [1.165, 1.54) is 103 Å². The molecule has 0 unspecified atom stereocenters. The SMILES string of the molecule is Oc1ccccc1CCCCCCCCCCCCCCCCCCc1ccccc1O. The Morgan fingerprint density at radius 1 is 0.344 bits per heavy atom. The van der Waals surface area contributed by atoms with Gasteiger partial charge in [0.25, 0.3) is 0 Å². The monoisotopic (exact) mass is 438 g/mol. The Morgan fingerprint density at radius 2 is 0.594 bits per heavy atom. The van der Waals surface area contributed by atoms with Gasteiger partial charge in [0.1, 0.15) is 11.5 Å². The number of hydrogen-bond donors (Lipinski definition) is 2. The maximum Gasteiger partial charge on any atom is 0.118 e. The van der Waals surface area contributed by atoms with Gasteiger partial charge in [-0.1, -0.05) is 126 Å². The fraction of sp³-hybridized carbons (Fsp3) is 0.600. The van der Waals surface area contributed by atoms with Crippen LogP contribution in [0.4, 0.5) is 0 Å². The molecule has 2 rings (SSSR count). The molecule has 0 aliphatic heterocycles. The Bertz CT molecular complexity index is 648. The molecule has 0 saturated carbocycles. The Hall–Kier alpha value is -1.96. The van der Waals surface area contributed by atoms with Gasteiger partial charge in [0.05, 0.1) is 0 Å². The molecule has 2 heteroatoms. The van der Waals surface area contributed by atoms with Crippen LogP contribution in [-0.4, -0.2) is 10.2 Å². The van der Waals surface area contributed by atoms with Gasteiger partial charge in [0.2, 0.25) is 0 Å². The normalized spacial score (nSPS) is 11.1. The quantitative estimate of drug-likeness (QED) is 0.215. The zero-order valence-corrected chi connectivity index (χ0v) is 20.2. The van der Waals surface area contributed by atoms with Crippen molar-refractivity contribution in [3.8, 4) is 11.5 Å².